The van der Waals surface area contributed by atoms with Crippen LogP contribution in [0, 0.1) is 5.92 Å². The first kappa shape index (κ1) is 28.1. The molecule has 0 aliphatic carbocycles. The van der Waals surface area contributed by atoms with E-state index in [4.69, 9.17) is 0 Å². The molecule has 0 amide bonds. The van der Waals surface area contributed by atoms with E-state index < -0.39 is 5.97 Å². The Balaban J connectivity index is 1.84. The van der Waals surface area contributed by atoms with Crippen LogP contribution >= 0.6 is 11.8 Å². The Morgan fingerprint density at radius 3 is 1.65 bits per heavy atom. The van der Waals surface area contributed by atoms with Gasteiger partial charge >= 0.3 is 5.97 Å². The highest BCUT2D eigenvalue weighted by Gasteiger charge is 2.17. The van der Waals surface area contributed by atoms with Gasteiger partial charge in [-0.15, -0.1) is 0 Å². The van der Waals surface area contributed by atoms with Crippen molar-refractivity contribution in [3.05, 3.63) is 35.9 Å². The molecule has 3 heteroatoms. The van der Waals surface area contributed by atoms with Crippen LogP contribution in [0.4, 0.5) is 0 Å². The van der Waals surface area contributed by atoms with Gasteiger partial charge in [0, 0.05) is 5.75 Å². The van der Waals surface area contributed by atoms with Crippen LogP contribution in [0.5, 0.6) is 0 Å². The second-order valence-electron chi connectivity index (χ2n) is 9.10. The quantitative estimate of drug-likeness (QED) is 0.180. The molecule has 0 fully saturated rings. The summed E-state index contributed by atoms with van der Waals surface area (Å²) in [5.41, 5.74) is 1.12. The van der Waals surface area contributed by atoms with Crippen molar-refractivity contribution in [2.45, 2.75) is 116 Å². The van der Waals surface area contributed by atoms with E-state index in [1.165, 1.54) is 103 Å². The smallest absolute Gasteiger partial charge is 0.307 e. The molecule has 0 aliphatic rings. The summed E-state index contributed by atoms with van der Waals surface area (Å²) in [5, 5.41) is 9.46. The predicted octanol–water partition coefficient (Wildman–Crippen LogP) is 8.92. The average molecular weight is 449 g/mol. The number of carboxylic acids is 1. The van der Waals surface area contributed by atoms with Crippen LogP contribution in [-0.2, 0) is 11.2 Å². The van der Waals surface area contributed by atoms with Crippen molar-refractivity contribution in [3.63, 3.8) is 0 Å². The third-order valence-corrected chi connectivity index (χ3v) is 7.35. The lowest BCUT2D eigenvalue weighted by atomic mass is 10.0. The van der Waals surface area contributed by atoms with Crippen molar-refractivity contribution in [1.29, 1.82) is 0 Å². The van der Waals surface area contributed by atoms with Gasteiger partial charge < -0.3 is 5.11 Å². The van der Waals surface area contributed by atoms with E-state index in [-0.39, 0.29) is 5.92 Å². The third-order valence-electron chi connectivity index (χ3n) is 6.14. The zero-order valence-electron chi connectivity index (χ0n) is 20.2. The minimum Gasteiger partial charge on any atom is -0.481 e. The van der Waals surface area contributed by atoms with E-state index in [0.29, 0.717) is 6.42 Å². The summed E-state index contributed by atoms with van der Waals surface area (Å²) in [6, 6.07) is 9.99. The molecule has 2 nitrogen and oxygen atoms in total. The van der Waals surface area contributed by atoms with E-state index in [1.807, 2.05) is 42.1 Å². The molecule has 0 aromatic heterocycles. The van der Waals surface area contributed by atoms with E-state index in [0.717, 1.165) is 17.1 Å². The van der Waals surface area contributed by atoms with Gasteiger partial charge in [0.25, 0.3) is 0 Å². The molecule has 1 unspecified atom stereocenters. The maximum Gasteiger partial charge on any atom is 0.307 e. The molecular formula is C28H48O2S. The molecule has 1 N–H and O–H groups in total. The fraction of sp³-hybridized carbons (Fsp3) is 0.750. The third kappa shape index (κ3) is 17.3. The molecule has 0 bridgehead atoms. The van der Waals surface area contributed by atoms with Crippen LogP contribution in [0.3, 0.4) is 0 Å². The van der Waals surface area contributed by atoms with Crippen molar-refractivity contribution < 1.29 is 9.90 Å². The average Bonchev–Trinajstić information content (AvgIpc) is 2.78. The summed E-state index contributed by atoms with van der Waals surface area (Å²) in [7, 11) is 0. The van der Waals surface area contributed by atoms with Crippen LogP contribution in [0.15, 0.2) is 30.3 Å². The van der Waals surface area contributed by atoms with Gasteiger partial charge in [-0.25, -0.2) is 0 Å². The largest absolute Gasteiger partial charge is 0.481 e. The number of carboxylic acid groups (broad SMARTS) is 1. The summed E-state index contributed by atoms with van der Waals surface area (Å²) < 4.78 is 0. The summed E-state index contributed by atoms with van der Waals surface area (Å²) in [6.45, 7) is 2.28. The van der Waals surface area contributed by atoms with Crippen LogP contribution in [0.1, 0.15) is 115 Å². The Morgan fingerprint density at radius 2 is 1.19 bits per heavy atom. The Morgan fingerprint density at radius 1 is 0.742 bits per heavy atom. The molecule has 0 saturated heterocycles. The highest BCUT2D eigenvalue weighted by molar-refractivity contribution is 7.99. The van der Waals surface area contributed by atoms with Gasteiger partial charge in [-0.05, 0) is 24.2 Å². The molecule has 0 aliphatic heterocycles. The lowest BCUT2D eigenvalue weighted by Gasteiger charge is -2.12. The van der Waals surface area contributed by atoms with Crippen molar-refractivity contribution in [2.75, 3.05) is 11.5 Å². The summed E-state index contributed by atoms with van der Waals surface area (Å²) >= 11 is 1.81. The first-order valence-corrected chi connectivity index (χ1v) is 14.2. The van der Waals surface area contributed by atoms with Crippen molar-refractivity contribution in [3.8, 4) is 0 Å². The molecule has 1 rings (SSSR count). The summed E-state index contributed by atoms with van der Waals surface area (Å²) in [6.07, 6.45) is 22.9. The maximum absolute atomic E-state index is 11.5. The SMILES string of the molecule is CCCCCCCCCCCCCCCCCCSCC(Cc1ccccc1)C(=O)O. The lowest BCUT2D eigenvalue weighted by Crippen LogP contribution is -2.19. The van der Waals surface area contributed by atoms with Gasteiger partial charge in [0.05, 0.1) is 5.92 Å². The topological polar surface area (TPSA) is 37.3 Å². The Bertz CT molecular complexity index is 517. The van der Waals surface area contributed by atoms with Crippen LogP contribution in [0.2, 0.25) is 0 Å². The number of aliphatic carboxylic acids is 1. The van der Waals surface area contributed by atoms with Crippen molar-refractivity contribution in [2.24, 2.45) is 5.92 Å². The Kier molecular flexibility index (Phi) is 18.9. The van der Waals surface area contributed by atoms with Gasteiger partial charge in [-0.3, -0.25) is 4.79 Å². The second kappa shape index (κ2) is 20.9. The molecule has 0 saturated carbocycles. The fourth-order valence-corrected chi connectivity index (χ4v) is 5.21. The number of benzene rings is 1. The van der Waals surface area contributed by atoms with Crippen LogP contribution < -0.4 is 0 Å². The summed E-state index contributed by atoms with van der Waals surface area (Å²) in [5.74, 6) is 0.886. The first-order valence-electron chi connectivity index (χ1n) is 13.1. The Labute approximate surface area is 197 Å². The highest BCUT2D eigenvalue weighted by Crippen LogP contribution is 2.18. The number of carbonyl (C=O) groups is 1. The number of unbranched alkanes of at least 4 members (excludes halogenated alkanes) is 15. The molecule has 0 spiro atoms. The second-order valence-corrected chi connectivity index (χ2v) is 10.3. The summed E-state index contributed by atoms with van der Waals surface area (Å²) in [4.78, 5) is 11.5. The van der Waals surface area contributed by atoms with Crippen LogP contribution in [-0.4, -0.2) is 22.6 Å². The van der Waals surface area contributed by atoms with Crippen molar-refractivity contribution >= 4 is 17.7 Å². The van der Waals surface area contributed by atoms with E-state index in [2.05, 4.69) is 6.92 Å². The molecule has 0 radical (unpaired) electrons. The van der Waals surface area contributed by atoms with E-state index in [9.17, 15) is 9.90 Å². The number of thioether (sulfide) groups is 1. The monoisotopic (exact) mass is 448 g/mol. The minimum absolute atomic E-state index is 0.270. The van der Waals surface area contributed by atoms with E-state index >= 15 is 0 Å². The molecular weight excluding hydrogens is 400 g/mol. The van der Waals surface area contributed by atoms with Crippen molar-refractivity contribution in [1.82, 2.24) is 0 Å². The molecule has 178 valence electrons. The normalized spacial score (nSPS) is 12.2. The van der Waals surface area contributed by atoms with Gasteiger partial charge in [0.2, 0.25) is 0 Å². The van der Waals surface area contributed by atoms with Gasteiger partial charge in [-0.1, -0.05) is 134 Å². The molecule has 31 heavy (non-hydrogen) atoms. The molecule has 1 aromatic rings. The zero-order chi connectivity index (χ0) is 22.4. The number of hydrogen-bond acceptors (Lipinski definition) is 2. The molecule has 1 atom stereocenters. The van der Waals surface area contributed by atoms with E-state index in [1.54, 1.807) is 0 Å². The lowest BCUT2D eigenvalue weighted by molar-refractivity contribution is -0.140. The first-order chi connectivity index (χ1) is 15.2. The molecule has 0 heterocycles. The highest BCUT2D eigenvalue weighted by atomic mass is 32.2. The maximum atomic E-state index is 11.5. The zero-order valence-corrected chi connectivity index (χ0v) is 21.0. The van der Waals surface area contributed by atoms with Gasteiger partial charge in [0.15, 0.2) is 0 Å². The number of rotatable bonds is 22. The Hall–Kier alpha value is -0.960. The number of hydrogen-bond donors (Lipinski definition) is 1. The standard InChI is InChI=1S/C28H48O2S/c1-2-3-4-5-6-7-8-9-10-11-12-13-14-15-16-20-23-31-25-27(28(29)30)24-26-21-18-17-19-22-26/h17-19,21-22,27H,2-16,20,23-25H2,1H3,(H,29,30). The van der Waals surface area contributed by atoms with Gasteiger partial charge in [-0.2, -0.15) is 11.8 Å². The predicted molar refractivity (Wildman–Crippen MR) is 138 cm³/mol. The fourth-order valence-electron chi connectivity index (χ4n) is 4.09. The molecule has 1 aromatic carbocycles. The minimum atomic E-state index is -0.664. The van der Waals surface area contributed by atoms with Gasteiger partial charge in [0.1, 0.15) is 0 Å². The van der Waals surface area contributed by atoms with Crippen LogP contribution in [0.25, 0.3) is 0 Å².